The highest BCUT2D eigenvalue weighted by Crippen LogP contribution is 2.03. The quantitative estimate of drug-likeness (QED) is 0.756. The Morgan fingerprint density at radius 1 is 1.30 bits per heavy atom. The van der Waals surface area contributed by atoms with Gasteiger partial charge in [0, 0.05) is 13.6 Å². The van der Waals surface area contributed by atoms with Gasteiger partial charge < -0.3 is 10.0 Å². The van der Waals surface area contributed by atoms with Crippen LogP contribution in [0.15, 0.2) is 30.3 Å². The maximum atomic E-state index is 11.9. The second kappa shape index (κ2) is 8.32. The fourth-order valence-electron chi connectivity index (χ4n) is 1.89. The van der Waals surface area contributed by atoms with Crippen LogP contribution in [0.5, 0.6) is 0 Å². The number of rotatable bonds is 8. The zero-order valence-corrected chi connectivity index (χ0v) is 12.0. The molecule has 1 unspecified atom stereocenters. The maximum Gasteiger partial charge on any atom is 0.320 e. The van der Waals surface area contributed by atoms with Gasteiger partial charge >= 0.3 is 5.97 Å². The number of carbonyl (C=O) groups excluding carboxylic acids is 1. The second-order valence-electron chi connectivity index (χ2n) is 4.80. The third-order valence-corrected chi connectivity index (χ3v) is 3.06. The van der Waals surface area contributed by atoms with E-state index in [1.165, 1.54) is 0 Å². The smallest absolute Gasteiger partial charge is 0.320 e. The number of nitrogens with one attached hydrogen (secondary N) is 1. The summed E-state index contributed by atoms with van der Waals surface area (Å²) >= 11 is 0. The number of carboxylic acids is 1. The fourth-order valence-corrected chi connectivity index (χ4v) is 1.89. The Morgan fingerprint density at radius 3 is 2.50 bits per heavy atom. The average Bonchev–Trinajstić information content (AvgIpc) is 2.43. The van der Waals surface area contributed by atoms with E-state index in [2.05, 4.69) is 5.32 Å². The van der Waals surface area contributed by atoms with Crippen LogP contribution in [0.2, 0.25) is 0 Å². The van der Waals surface area contributed by atoms with E-state index in [4.69, 9.17) is 5.11 Å². The summed E-state index contributed by atoms with van der Waals surface area (Å²) in [6, 6.07) is 9.02. The van der Waals surface area contributed by atoms with Crippen molar-refractivity contribution in [3.8, 4) is 0 Å². The monoisotopic (exact) mass is 278 g/mol. The highest BCUT2D eigenvalue weighted by Gasteiger charge is 2.18. The van der Waals surface area contributed by atoms with Gasteiger partial charge in [0.1, 0.15) is 6.04 Å². The van der Waals surface area contributed by atoms with Crippen LogP contribution in [0.3, 0.4) is 0 Å². The number of likely N-dealkylation sites (N-methyl/N-ethyl adjacent to an activating group) is 1. The average molecular weight is 278 g/mol. The van der Waals surface area contributed by atoms with Crippen LogP contribution < -0.4 is 5.32 Å². The lowest BCUT2D eigenvalue weighted by Crippen LogP contribution is -2.43. The predicted octanol–water partition coefficient (Wildman–Crippen LogP) is 1.49. The van der Waals surface area contributed by atoms with E-state index in [9.17, 15) is 9.59 Å². The van der Waals surface area contributed by atoms with E-state index in [0.717, 1.165) is 12.0 Å². The maximum absolute atomic E-state index is 11.9. The third-order valence-electron chi connectivity index (χ3n) is 3.06. The van der Waals surface area contributed by atoms with Crippen LogP contribution in [0, 0.1) is 0 Å². The summed E-state index contributed by atoms with van der Waals surface area (Å²) in [5.74, 6) is -1.03. The standard InChI is InChI=1S/C15H22N2O3/c1-3-7-13(15(19)20)16-10-14(18)17(2)11-12-8-5-4-6-9-12/h4-6,8-9,13,16H,3,7,10-11H2,1-2H3,(H,19,20). The van der Waals surface area contributed by atoms with Gasteiger partial charge in [-0.2, -0.15) is 0 Å². The van der Waals surface area contributed by atoms with Crippen molar-refractivity contribution in [2.75, 3.05) is 13.6 Å². The normalized spacial score (nSPS) is 11.9. The molecule has 2 N–H and O–H groups in total. The molecule has 5 heteroatoms. The molecule has 5 nitrogen and oxygen atoms in total. The largest absolute Gasteiger partial charge is 0.480 e. The Hall–Kier alpha value is -1.88. The molecule has 0 radical (unpaired) electrons. The van der Waals surface area contributed by atoms with E-state index in [1.807, 2.05) is 37.3 Å². The Morgan fingerprint density at radius 2 is 1.95 bits per heavy atom. The van der Waals surface area contributed by atoms with Crippen LogP contribution in [0.4, 0.5) is 0 Å². The van der Waals surface area contributed by atoms with Gasteiger partial charge in [-0.3, -0.25) is 14.9 Å². The second-order valence-corrected chi connectivity index (χ2v) is 4.80. The minimum absolute atomic E-state index is 0.0420. The molecule has 1 aromatic rings. The summed E-state index contributed by atoms with van der Waals surface area (Å²) in [6.07, 6.45) is 1.28. The zero-order chi connectivity index (χ0) is 15.0. The molecule has 0 saturated heterocycles. The van der Waals surface area contributed by atoms with Crippen LogP contribution >= 0.6 is 0 Å². The molecule has 110 valence electrons. The molecule has 20 heavy (non-hydrogen) atoms. The fraction of sp³-hybridized carbons (Fsp3) is 0.467. The highest BCUT2D eigenvalue weighted by molar-refractivity contribution is 5.79. The topological polar surface area (TPSA) is 69.6 Å². The van der Waals surface area contributed by atoms with Crippen LogP contribution in [0.25, 0.3) is 0 Å². The number of aliphatic carboxylic acids is 1. The van der Waals surface area contributed by atoms with Gasteiger partial charge in [-0.25, -0.2) is 0 Å². The minimum Gasteiger partial charge on any atom is -0.480 e. The summed E-state index contributed by atoms with van der Waals surface area (Å²) < 4.78 is 0. The summed E-state index contributed by atoms with van der Waals surface area (Å²) in [5.41, 5.74) is 1.05. The molecule has 0 saturated carbocycles. The Kier molecular flexibility index (Phi) is 6.73. The first kappa shape index (κ1) is 16.2. The predicted molar refractivity (Wildman–Crippen MR) is 77.3 cm³/mol. The number of nitrogens with zero attached hydrogens (tertiary/aromatic N) is 1. The molecule has 0 fully saturated rings. The van der Waals surface area contributed by atoms with Crippen LogP contribution in [-0.4, -0.2) is 41.5 Å². The first-order chi connectivity index (χ1) is 9.54. The number of hydrogen-bond donors (Lipinski definition) is 2. The molecular weight excluding hydrogens is 256 g/mol. The summed E-state index contributed by atoms with van der Waals surface area (Å²) in [7, 11) is 1.71. The van der Waals surface area contributed by atoms with Gasteiger partial charge in [0.15, 0.2) is 0 Å². The van der Waals surface area contributed by atoms with Crippen molar-refractivity contribution >= 4 is 11.9 Å². The lowest BCUT2D eigenvalue weighted by Gasteiger charge is -2.19. The summed E-state index contributed by atoms with van der Waals surface area (Å²) in [5, 5.41) is 11.8. The van der Waals surface area contributed by atoms with Gasteiger partial charge in [0.05, 0.1) is 6.54 Å². The molecule has 1 rings (SSSR count). The van der Waals surface area contributed by atoms with Gasteiger partial charge in [0.2, 0.25) is 5.91 Å². The van der Waals surface area contributed by atoms with E-state index in [0.29, 0.717) is 13.0 Å². The van der Waals surface area contributed by atoms with Crippen molar-refractivity contribution in [3.05, 3.63) is 35.9 Å². The highest BCUT2D eigenvalue weighted by atomic mass is 16.4. The molecule has 1 atom stereocenters. The molecule has 0 bridgehead atoms. The van der Waals surface area contributed by atoms with Gasteiger partial charge in [-0.15, -0.1) is 0 Å². The number of hydrogen-bond acceptors (Lipinski definition) is 3. The third kappa shape index (κ3) is 5.40. The Bertz CT molecular complexity index is 434. The number of amides is 1. The van der Waals surface area contributed by atoms with Gasteiger partial charge in [0.25, 0.3) is 0 Å². The molecule has 0 aliphatic carbocycles. The molecule has 0 heterocycles. The van der Waals surface area contributed by atoms with Crippen molar-refractivity contribution in [1.82, 2.24) is 10.2 Å². The summed E-state index contributed by atoms with van der Waals surface area (Å²) in [6.45, 7) is 2.48. The van der Waals surface area contributed by atoms with Gasteiger partial charge in [-0.1, -0.05) is 43.7 Å². The van der Waals surface area contributed by atoms with Crippen molar-refractivity contribution < 1.29 is 14.7 Å². The Balaban J connectivity index is 2.43. The van der Waals surface area contributed by atoms with E-state index in [1.54, 1.807) is 11.9 Å². The SMILES string of the molecule is CCCC(NCC(=O)N(C)Cc1ccccc1)C(=O)O. The Labute approximate surface area is 119 Å². The molecule has 0 aromatic heterocycles. The molecule has 0 aliphatic rings. The van der Waals surface area contributed by atoms with Crippen molar-refractivity contribution in [3.63, 3.8) is 0 Å². The van der Waals surface area contributed by atoms with Crippen LogP contribution in [0.1, 0.15) is 25.3 Å². The van der Waals surface area contributed by atoms with E-state index < -0.39 is 12.0 Å². The molecule has 1 amide bonds. The van der Waals surface area contributed by atoms with Crippen LogP contribution in [-0.2, 0) is 16.1 Å². The van der Waals surface area contributed by atoms with Crippen molar-refractivity contribution in [1.29, 1.82) is 0 Å². The van der Waals surface area contributed by atoms with Gasteiger partial charge in [-0.05, 0) is 12.0 Å². The molecule has 1 aromatic carbocycles. The zero-order valence-electron chi connectivity index (χ0n) is 12.0. The van der Waals surface area contributed by atoms with E-state index in [-0.39, 0.29) is 12.5 Å². The molecule has 0 aliphatic heterocycles. The minimum atomic E-state index is -0.912. The first-order valence-electron chi connectivity index (χ1n) is 6.78. The number of carbonyl (C=O) groups is 2. The number of carboxylic acid groups (broad SMARTS) is 1. The summed E-state index contributed by atoms with van der Waals surface area (Å²) in [4.78, 5) is 24.5. The molecular formula is C15H22N2O3. The lowest BCUT2D eigenvalue weighted by atomic mass is 10.1. The van der Waals surface area contributed by atoms with Crippen molar-refractivity contribution in [2.45, 2.75) is 32.4 Å². The van der Waals surface area contributed by atoms with Crippen molar-refractivity contribution in [2.24, 2.45) is 0 Å². The van der Waals surface area contributed by atoms with E-state index >= 15 is 0 Å². The first-order valence-corrected chi connectivity index (χ1v) is 6.78. The lowest BCUT2D eigenvalue weighted by molar-refractivity contribution is -0.140. The number of benzene rings is 1. The molecule has 0 spiro atoms.